The van der Waals surface area contributed by atoms with Gasteiger partial charge < -0.3 is 20.4 Å². The zero-order valence-corrected chi connectivity index (χ0v) is 18.2. The molecule has 0 bridgehead atoms. The number of nitrogens with one attached hydrogen (secondary N) is 1. The number of hydrogen-bond donors (Lipinski definition) is 2. The molecule has 31 heavy (non-hydrogen) atoms. The Balaban J connectivity index is 1.55. The Labute approximate surface area is 184 Å². The molecule has 5 rings (SSSR count). The lowest BCUT2D eigenvalue weighted by atomic mass is 10.1. The molecule has 0 unspecified atom stereocenters. The van der Waals surface area contributed by atoms with Gasteiger partial charge in [0.1, 0.15) is 11.3 Å². The third kappa shape index (κ3) is 3.62. The minimum Gasteiger partial charge on any atom is -0.497 e. The van der Waals surface area contributed by atoms with Crippen LogP contribution in [0.2, 0.25) is 0 Å². The minimum atomic E-state index is 0.530. The van der Waals surface area contributed by atoms with E-state index < -0.39 is 0 Å². The summed E-state index contributed by atoms with van der Waals surface area (Å²) in [5.41, 5.74) is 12.2. The zero-order valence-electron chi connectivity index (χ0n) is 17.4. The molecular formula is C24H23N5OS. The maximum absolute atomic E-state index is 5.83. The molecule has 0 atom stereocenters. The second kappa shape index (κ2) is 8.02. The van der Waals surface area contributed by atoms with Gasteiger partial charge >= 0.3 is 0 Å². The summed E-state index contributed by atoms with van der Waals surface area (Å²) in [5.74, 6) is 1.64. The first-order chi connectivity index (χ1) is 15.2. The Kier molecular flexibility index (Phi) is 5.05. The predicted octanol–water partition coefficient (Wildman–Crippen LogP) is 4.93. The molecule has 7 heteroatoms. The molecule has 2 aromatic carbocycles. The maximum Gasteiger partial charge on any atom is 0.155 e. The summed E-state index contributed by atoms with van der Waals surface area (Å²) in [6.07, 6.45) is 1.85. The number of thiophene rings is 1. The molecule has 0 saturated carbocycles. The number of anilines is 1. The number of fused-ring (bicyclic) bond motifs is 3. The third-order valence-corrected chi connectivity index (χ3v) is 6.57. The van der Waals surface area contributed by atoms with E-state index in [2.05, 4.69) is 45.2 Å². The Hall–Kier alpha value is -3.42. The van der Waals surface area contributed by atoms with Gasteiger partial charge in [-0.2, -0.15) is 0 Å². The highest BCUT2D eigenvalue weighted by Crippen LogP contribution is 2.38. The molecule has 0 aliphatic carbocycles. The van der Waals surface area contributed by atoms with Gasteiger partial charge in [0.15, 0.2) is 5.82 Å². The third-order valence-electron chi connectivity index (χ3n) is 5.39. The fraction of sp³-hybridized carbons (Fsp3) is 0.167. The summed E-state index contributed by atoms with van der Waals surface area (Å²) in [5, 5.41) is 3.47. The van der Waals surface area contributed by atoms with Crippen LogP contribution in [0, 0.1) is 0 Å². The van der Waals surface area contributed by atoms with Crippen LogP contribution in [0.5, 0.6) is 5.75 Å². The Morgan fingerprint density at radius 2 is 1.94 bits per heavy atom. The molecule has 0 aliphatic rings. The molecule has 6 nitrogen and oxygen atoms in total. The molecule has 5 aromatic rings. The first-order valence-electron chi connectivity index (χ1n) is 10.1. The highest BCUT2D eigenvalue weighted by atomic mass is 32.1. The SMILES string of the molecule is COc1ccc(CNc2nc3cc(-c4cccc(CN)c4)sc3c3c2ncn3C)cc1. The lowest BCUT2D eigenvalue weighted by Crippen LogP contribution is -2.02. The van der Waals surface area contributed by atoms with Crippen LogP contribution >= 0.6 is 11.3 Å². The van der Waals surface area contributed by atoms with E-state index in [1.54, 1.807) is 18.4 Å². The number of imidazole rings is 1. The Morgan fingerprint density at radius 1 is 1.10 bits per heavy atom. The largest absolute Gasteiger partial charge is 0.497 e. The van der Waals surface area contributed by atoms with E-state index in [1.165, 1.54) is 4.88 Å². The van der Waals surface area contributed by atoms with Gasteiger partial charge in [-0.15, -0.1) is 11.3 Å². The molecule has 0 fully saturated rings. The number of methoxy groups -OCH3 is 1. The van der Waals surface area contributed by atoms with Crippen molar-refractivity contribution in [3.8, 4) is 16.2 Å². The Bertz CT molecular complexity index is 1370. The van der Waals surface area contributed by atoms with Crippen molar-refractivity contribution in [1.29, 1.82) is 0 Å². The van der Waals surface area contributed by atoms with Gasteiger partial charge in [-0.1, -0.05) is 30.3 Å². The van der Waals surface area contributed by atoms with E-state index >= 15 is 0 Å². The number of aryl methyl sites for hydroxylation is 1. The molecule has 0 spiro atoms. The monoisotopic (exact) mass is 429 g/mol. The van der Waals surface area contributed by atoms with Crippen molar-refractivity contribution < 1.29 is 4.74 Å². The van der Waals surface area contributed by atoms with Crippen LogP contribution < -0.4 is 15.8 Å². The normalized spacial score (nSPS) is 11.3. The van der Waals surface area contributed by atoms with Gasteiger partial charge in [-0.05, 0) is 41.0 Å². The molecule has 3 heterocycles. The minimum absolute atomic E-state index is 0.530. The quantitative estimate of drug-likeness (QED) is 0.400. The molecule has 0 aliphatic heterocycles. The summed E-state index contributed by atoms with van der Waals surface area (Å²) >= 11 is 1.74. The average molecular weight is 430 g/mol. The number of nitrogens with zero attached hydrogens (tertiary/aromatic N) is 3. The molecule has 0 amide bonds. The van der Waals surface area contributed by atoms with Crippen molar-refractivity contribution in [1.82, 2.24) is 14.5 Å². The standard InChI is InChI=1S/C24H23N5OS/c1-29-14-27-21-22(29)23-19(11-20(31-23)17-5-3-4-16(10-17)12-25)28-24(21)26-13-15-6-8-18(30-2)9-7-15/h3-11,14H,12-13,25H2,1-2H3,(H,26,28). The van der Waals surface area contributed by atoms with E-state index in [9.17, 15) is 0 Å². The highest BCUT2D eigenvalue weighted by molar-refractivity contribution is 7.23. The second-order valence-corrected chi connectivity index (χ2v) is 8.50. The number of hydrogen-bond acceptors (Lipinski definition) is 6. The van der Waals surface area contributed by atoms with Crippen molar-refractivity contribution >= 4 is 38.4 Å². The zero-order chi connectivity index (χ0) is 21.4. The first kappa shape index (κ1) is 19.5. The summed E-state index contributed by atoms with van der Waals surface area (Å²) in [6, 6.07) is 18.5. The topological polar surface area (TPSA) is 78.0 Å². The Morgan fingerprint density at radius 3 is 2.71 bits per heavy atom. The number of benzene rings is 2. The number of ether oxygens (including phenoxy) is 1. The lowest BCUT2D eigenvalue weighted by Gasteiger charge is -2.08. The van der Waals surface area contributed by atoms with Gasteiger partial charge in [0, 0.05) is 25.0 Å². The fourth-order valence-corrected chi connectivity index (χ4v) is 4.91. The van der Waals surface area contributed by atoms with E-state index in [1.807, 2.05) is 37.6 Å². The van der Waals surface area contributed by atoms with Gasteiger partial charge in [0.2, 0.25) is 0 Å². The van der Waals surface area contributed by atoms with E-state index in [4.69, 9.17) is 15.5 Å². The maximum atomic E-state index is 5.83. The van der Waals surface area contributed by atoms with Crippen molar-refractivity contribution in [3.63, 3.8) is 0 Å². The van der Waals surface area contributed by atoms with Crippen molar-refractivity contribution in [2.24, 2.45) is 12.8 Å². The first-order valence-corrected chi connectivity index (χ1v) is 10.9. The molecule has 3 N–H and O–H groups in total. The van der Waals surface area contributed by atoms with E-state index in [-0.39, 0.29) is 0 Å². The van der Waals surface area contributed by atoms with E-state index in [0.29, 0.717) is 13.1 Å². The van der Waals surface area contributed by atoms with Crippen LogP contribution in [0.25, 0.3) is 31.7 Å². The molecule has 0 radical (unpaired) electrons. The summed E-state index contributed by atoms with van der Waals surface area (Å²) in [7, 11) is 3.70. The summed E-state index contributed by atoms with van der Waals surface area (Å²) in [4.78, 5) is 10.7. The predicted molar refractivity (Wildman–Crippen MR) is 128 cm³/mol. The molecule has 156 valence electrons. The number of pyridine rings is 1. The van der Waals surface area contributed by atoms with Crippen molar-refractivity contribution in [3.05, 3.63) is 72.1 Å². The molecular weight excluding hydrogens is 406 g/mol. The highest BCUT2D eigenvalue weighted by Gasteiger charge is 2.16. The van der Waals surface area contributed by atoms with E-state index in [0.717, 1.165) is 49.5 Å². The second-order valence-electron chi connectivity index (χ2n) is 7.44. The number of nitrogens with two attached hydrogens (primary N) is 1. The van der Waals surface area contributed by atoms with Gasteiger partial charge in [-0.25, -0.2) is 9.97 Å². The molecule has 0 saturated heterocycles. The van der Waals surface area contributed by atoms with Crippen molar-refractivity contribution in [2.45, 2.75) is 13.1 Å². The van der Waals surface area contributed by atoms with Gasteiger partial charge in [-0.3, -0.25) is 0 Å². The van der Waals surface area contributed by atoms with Crippen LogP contribution in [0.1, 0.15) is 11.1 Å². The van der Waals surface area contributed by atoms with Crippen LogP contribution in [-0.2, 0) is 20.1 Å². The molecule has 3 aromatic heterocycles. The van der Waals surface area contributed by atoms with Crippen LogP contribution in [0.3, 0.4) is 0 Å². The smallest absolute Gasteiger partial charge is 0.155 e. The van der Waals surface area contributed by atoms with Crippen LogP contribution in [-0.4, -0.2) is 21.6 Å². The van der Waals surface area contributed by atoms with Crippen LogP contribution in [0.15, 0.2) is 60.9 Å². The van der Waals surface area contributed by atoms with Crippen molar-refractivity contribution in [2.75, 3.05) is 12.4 Å². The number of aromatic nitrogens is 3. The summed E-state index contributed by atoms with van der Waals surface area (Å²) in [6.45, 7) is 1.19. The fourth-order valence-electron chi connectivity index (χ4n) is 3.73. The van der Waals surface area contributed by atoms with Gasteiger partial charge in [0.05, 0.1) is 29.2 Å². The average Bonchev–Trinajstić information content (AvgIpc) is 3.41. The van der Waals surface area contributed by atoms with Crippen LogP contribution in [0.4, 0.5) is 5.82 Å². The number of rotatable bonds is 6. The lowest BCUT2D eigenvalue weighted by molar-refractivity contribution is 0.414. The summed E-state index contributed by atoms with van der Waals surface area (Å²) < 4.78 is 8.44. The van der Waals surface area contributed by atoms with Gasteiger partial charge in [0.25, 0.3) is 0 Å².